The Balaban J connectivity index is 2.22. The third-order valence-corrected chi connectivity index (χ3v) is 4.58. The van der Waals surface area contributed by atoms with Crippen molar-refractivity contribution in [2.24, 2.45) is 5.41 Å². The second-order valence-electron chi connectivity index (χ2n) is 6.36. The Hall–Kier alpha value is -0.160. The molecule has 0 saturated carbocycles. The highest BCUT2D eigenvalue weighted by atomic mass is 16.5. The van der Waals surface area contributed by atoms with Gasteiger partial charge >= 0.3 is 0 Å². The first-order valence-electron chi connectivity index (χ1n) is 6.71. The van der Waals surface area contributed by atoms with Gasteiger partial charge in [0.15, 0.2) is 0 Å². The van der Waals surface area contributed by atoms with Gasteiger partial charge in [-0.3, -0.25) is 0 Å². The van der Waals surface area contributed by atoms with E-state index in [1.165, 1.54) is 0 Å². The van der Waals surface area contributed by atoms with Crippen molar-refractivity contribution in [2.75, 3.05) is 40.1 Å². The highest BCUT2D eigenvalue weighted by Gasteiger charge is 2.61. The first kappa shape index (κ1) is 15.9. The van der Waals surface area contributed by atoms with Crippen LogP contribution in [0.2, 0.25) is 0 Å². The van der Waals surface area contributed by atoms with Crippen LogP contribution in [0.15, 0.2) is 0 Å². The molecule has 1 fully saturated rings. The summed E-state index contributed by atoms with van der Waals surface area (Å²) in [6.45, 7) is 14.5. The molecule has 1 rings (SSSR count). The maximum absolute atomic E-state index is 5.79. The molecule has 4 heteroatoms. The van der Waals surface area contributed by atoms with Crippen LogP contribution < -0.4 is 5.32 Å². The van der Waals surface area contributed by atoms with Crippen molar-refractivity contribution in [2.45, 2.75) is 45.7 Å². The average molecular weight is 259 g/mol. The lowest BCUT2D eigenvalue weighted by molar-refractivity contribution is -0.143. The minimum Gasteiger partial charge on any atom is -0.382 e. The van der Waals surface area contributed by atoms with Crippen LogP contribution >= 0.6 is 0 Å². The molecule has 4 nitrogen and oxygen atoms in total. The van der Waals surface area contributed by atoms with Gasteiger partial charge in [-0.05, 0) is 27.7 Å². The standard InChI is InChI=1S/C14H29NO3/c1-12(2)14(5,13(3,4)15-12)11-18-10-9-17-8-7-16-6/h15H,7-11H2,1-6H3. The van der Waals surface area contributed by atoms with Crippen LogP contribution in [0.25, 0.3) is 0 Å². The molecule has 0 aromatic rings. The molecule has 108 valence electrons. The molecular formula is C14H29NO3. The molecule has 18 heavy (non-hydrogen) atoms. The molecule has 0 aromatic carbocycles. The van der Waals surface area contributed by atoms with Crippen molar-refractivity contribution in [3.63, 3.8) is 0 Å². The number of hydrogen-bond acceptors (Lipinski definition) is 4. The SMILES string of the molecule is COCCOCCOCC1(C)C(C)(C)NC1(C)C. The summed E-state index contributed by atoms with van der Waals surface area (Å²) in [4.78, 5) is 0. The van der Waals surface area contributed by atoms with E-state index in [2.05, 4.69) is 39.9 Å². The van der Waals surface area contributed by atoms with Gasteiger partial charge in [-0.1, -0.05) is 6.92 Å². The fraction of sp³-hybridized carbons (Fsp3) is 1.00. The van der Waals surface area contributed by atoms with Crippen molar-refractivity contribution in [1.29, 1.82) is 0 Å². The van der Waals surface area contributed by atoms with Gasteiger partial charge in [0.2, 0.25) is 0 Å². The summed E-state index contributed by atoms with van der Waals surface area (Å²) in [5.74, 6) is 0. The van der Waals surface area contributed by atoms with E-state index in [1.807, 2.05) is 0 Å². The number of rotatable bonds is 8. The molecule has 1 aliphatic heterocycles. The summed E-state index contributed by atoms with van der Waals surface area (Å²) >= 11 is 0. The van der Waals surface area contributed by atoms with Gasteiger partial charge in [0.25, 0.3) is 0 Å². The van der Waals surface area contributed by atoms with Crippen LogP contribution in [0.5, 0.6) is 0 Å². The van der Waals surface area contributed by atoms with Crippen LogP contribution in [0.1, 0.15) is 34.6 Å². The molecule has 0 aromatic heterocycles. The van der Waals surface area contributed by atoms with E-state index in [-0.39, 0.29) is 16.5 Å². The Morgan fingerprint density at radius 2 is 1.28 bits per heavy atom. The van der Waals surface area contributed by atoms with Gasteiger partial charge in [0, 0.05) is 23.6 Å². The normalized spacial score (nSPS) is 23.7. The maximum Gasteiger partial charge on any atom is 0.0701 e. The zero-order chi connectivity index (χ0) is 13.9. The molecule has 1 N–H and O–H groups in total. The molecule has 0 unspecified atom stereocenters. The highest BCUT2D eigenvalue weighted by Crippen LogP contribution is 2.50. The van der Waals surface area contributed by atoms with E-state index in [1.54, 1.807) is 7.11 Å². The largest absolute Gasteiger partial charge is 0.382 e. The van der Waals surface area contributed by atoms with E-state index in [0.717, 1.165) is 6.61 Å². The highest BCUT2D eigenvalue weighted by molar-refractivity contribution is 5.19. The third-order valence-electron chi connectivity index (χ3n) is 4.58. The van der Waals surface area contributed by atoms with Crippen molar-refractivity contribution in [1.82, 2.24) is 5.32 Å². The Morgan fingerprint density at radius 3 is 1.78 bits per heavy atom. The van der Waals surface area contributed by atoms with E-state index in [9.17, 15) is 0 Å². The summed E-state index contributed by atoms with van der Waals surface area (Å²) in [5, 5.41) is 3.59. The smallest absolute Gasteiger partial charge is 0.0701 e. The molecule has 0 amide bonds. The molecule has 0 spiro atoms. The van der Waals surface area contributed by atoms with Crippen LogP contribution in [-0.2, 0) is 14.2 Å². The molecular weight excluding hydrogens is 230 g/mol. The predicted molar refractivity (Wildman–Crippen MR) is 72.9 cm³/mol. The van der Waals surface area contributed by atoms with Crippen molar-refractivity contribution in [3.8, 4) is 0 Å². The van der Waals surface area contributed by atoms with Gasteiger partial charge in [-0.15, -0.1) is 0 Å². The van der Waals surface area contributed by atoms with E-state index >= 15 is 0 Å². The Morgan fingerprint density at radius 1 is 0.778 bits per heavy atom. The predicted octanol–water partition coefficient (Wildman–Crippen LogP) is 1.83. The zero-order valence-electron chi connectivity index (χ0n) is 12.8. The topological polar surface area (TPSA) is 39.7 Å². The lowest BCUT2D eigenvalue weighted by atomic mass is 9.54. The first-order valence-corrected chi connectivity index (χ1v) is 6.71. The molecule has 0 radical (unpaired) electrons. The minimum atomic E-state index is 0.118. The Bertz CT molecular complexity index is 250. The number of methoxy groups -OCH3 is 1. The molecule has 1 heterocycles. The van der Waals surface area contributed by atoms with Gasteiger partial charge in [-0.25, -0.2) is 0 Å². The van der Waals surface area contributed by atoms with Gasteiger partial charge in [-0.2, -0.15) is 0 Å². The number of hydrogen-bond donors (Lipinski definition) is 1. The van der Waals surface area contributed by atoms with E-state index in [4.69, 9.17) is 14.2 Å². The van der Waals surface area contributed by atoms with Crippen LogP contribution in [0.3, 0.4) is 0 Å². The monoisotopic (exact) mass is 259 g/mol. The van der Waals surface area contributed by atoms with Crippen LogP contribution in [0, 0.1) is 5.41 Å². The molecule has 1 saturated heterocycles. The van der Waals surface area contributed by atoms with Gasteiger partial charge < -0.3 is 19.5 Å². The lowest BCUT2D eigenvalue weighted by Crippen LogP contribution is -2.82. The second kappa shape index (κ2) is 5.87. The molecule has 0 aliphatic carbocycles. The van der Waals surface area contributed by atoms with Crippen LogP contribution in [-0.4, -0.2) is 51.2 Å². The fourth-order valence-corrected chi connectivity index (χ4v) is 2.78. The maximum atomic E-state index is 5.79. The van der Waals surface area contributed by atoms with Crippen molar-refractivity contribution < 1.29 is 14.2 Å². The number of nitrogens with one attached hydrogen (secondary N) is 1. The fourth-order valence-electron chi connectivity index (χ4n) is 2.78. The lowest BCUT2D eigenvalue weighted by Gasteiger charge is -2.67. The summed E-state index contributed by atoms with van der Waals surface area (Å²) in [6.07, 6.45) is 0. The third kappa shape index (κ3) is 3.05. The van der Waals surface area contributed by atoms with Crippen molar-refractivity contribution >= 4 is 0 Å². The summed E-state index contributed by atoms with van der Waals surface area (Å²) in [6, 6.07) is 0. The summed E-state index contributed by atoms with van der Waals surface area (Å²) in [7, 11) is 1.68. The molecule has 1 aliphatic rings. The number of ether oxygens (including phenoxy) is 3. The first-order chi connectivity index (χ1) is 8.27. The van der Waals surface area contributed by atoms with E-state index in [0.29, 0.717) is 26.4 Å². The second-order valence-corrected chi connectivity index (χ2v) is 6.36. The van der Waals surface area contributed by atoms with Gasteiger partial charge in [0.05, 0.1) is 33.0 Å². The average Bonchev–Trinajstić information content (AvgIpc) is 2.25. The quantitative estimate of drug-likeness (QED) is 0.675. The minimum absolute atomic E-state index is 0.118. The van der Waals surface area contributed by atoms with Crippen molar-refractivity contribution in [3.05, 3.63) is 0 Å². The zero-order valence-corrected chi connectivity index (χ0v) is 12.8. The van der Waals surface area contributed by atoms with E-state index < -0.39 is 0 Å². The van der Waals surface area contributed by atoms with Crippen LogP contribution in [0.4, 0.5) is 0 Å². The summed E-state index contributed by atoms with van der Waals surface area (Å²) in [5.41, 5.74) is 0.382. The van der Waals surface area contributed by atoms with Gasteiger partial charge in [0.1, 0.15) is 0 Å². The molecule has 0 atom stereocenters. The molecule has 0 bridgehead atoms. The Labute approximate surface area is 111 Å². The Kier molecular flexibility index (Phi) is 5.18. The summed E-state index contributed by atoms with van der Waals surface area (Å²) < 4.78 is 16.1.